The van der Waals surface area contributed by atoms with Gasteiger partial charge in [0.2, 0.25) is 0 Å². The Morgan fingerprint density at radius 3 is 2.31 bits per heavy atom. The quantitative estimate of drug-likeness (QED) is 0.653. The zero-order valence-corrected chi connectivity index (χ0v) is 7.65. The van der Waals surface area contributed by atoms with Crippen molar-refractivity contribution in [1.29, 1.82) is 0 Å². The van der Waals surface area contributed by atoms with Gasteiger partial charge in [0.25, 0.3) is 0 Å². The summed E-state index contributed by atoms with van der Waals surface area (Å²) >= 11 is 0. The minimum absolute atomic E-state index is 0.622. The topological polar surface area (TPSA) is 51.6 Å². The van der Waals surface area contributed by atoms with E-state index in [1.807, 2.05) is 6.92 Å². The Bertz CT molecular complexity index is 439. The van der Waals surface area contributed by atoms with Gasteiger partial charge in [-0.05, 0) is 13.3 Å². The molecule has 0 atom stereocenters. The fraction of sp³-hybridized carbons (Fsp3) is 0.333. The third kappa shape index (κ3) is 1.35. The van der Waals surface area contributed by atoms with Crippen molar-refractivity contribution in [2.24, 2.45) is 0 Å². The second-order valence-electron chi connectivity index (χ2n) is 2.81. The highest BCUT2D eigenvalue weighted by Gasteiger charge is 2.03. The SMILES string of the molecule is CCc1nc2nccnc2nc1C. The average molecular weight is 174 g/mol. The smallest absolute Gasteiger partial charge is 0.198 e. The van der Waals surface area contributed by atoms with Crippen LogP contribution in [0.2, 0.25) is 0 Å². The summed E-state index contributed by atoms with van der Waals surface area (Å²) in [6.45, 7) is 4.00. The van der Waals surface area contributed by atoms with E-state index in [4.69, 9.17) is 0 Å². The number of nitrogens with zero attached hydrogens (tertiary/aromatic N) is 4. The summed E-state index contributed by atoms with van der Waals surface area (Å²) in [5.41, 5.74) is 3.19. The fourth-order valence-electron chi connectivity index (χ4n) is 1.25. The maximum absolute atomic E-state index is 4.36. The Morgan fingerprint density at radius 1 is 1.08 bits per heavy atom. The molecule has 66 valence electrons. The fourth-order valence-corrected chi connectivity index (χ4v) is 1.25. The highest BCUT2D eigenvalue weighted by molar-refractivity contribution is 5.63. The van der Waals surface area contributed by atoms with Gasteiger partial charge in [-0.2, -0.15) is 0 Å². The molecule has 0 N–H and O–H groups in total. The molecule has 0 radical (unpaired) electrons. The van der Waals surface area contributed by atoms with Gasteiger partial charge >= 0.3 is 0 Å². The number of aromatic nitrogens is 4. The second kappa shape index (κ2) is 3.05. The lowest BCUT2D eigenvalue weighted by atomic mass is 10.2. The minimum atomic E-state index is 0.622. The molecule has 2 aromatic heterocycles. The van der Waals surface area contributed by atoms with Crippen LogP contribution < -0.4 is 0 Å². The first-order chi connectivity index (χ1) is 6.31. The number of rotatable bonds is 1. The Kier molecular flexibility index (Phi) is 1.88. The molecule has 2 rings (SSSR count). The molecule has 0 unspecified atom stereocenters. The van der Waals surface area contributed by atoms with Crippen molar-refractivity contribution in [3.05, 3.63) is 23.8 Å². The van der Waals surface area contributed by atoms with Crippen LogP contribution in [0.25, 0.3) is 11.3 Å². The maximum Gasteiger partial charge on any atom is 0.198 e. The number of aryl methyl sites for hydroxylation is 2. The van der Waals surface area contributed by atoms with Crippen LogP contribution in [0, 0.1) is 6.92 Å². The van der Waals surface area contributed by atoms with Crippen LogP contribution in [0.4, 0.5) is 0 Å². The molecule has 0 aliphatic heterocycles. The Morgan fingerprint density at radius 2 is 1.69 bits per heavy atom. The van der Waals surface area contributed by atoms with Crippen molar-refractivity contribution in [3.63, 3.8) is 0 Å². The highest BCUT2D eigenvalue weighted by atomic mass is 15.0. The molecular formula is C9H10N4. The average Bonchev–Trinajstić information content (AvgIpc) is 2.17. The first kappa shape index (κ1) is 8.04. The van der Waals surface area contributed by atoms with Crippen molar-refractivity contribution >= 4 is 11.3 Å². The highest BCUT2D eigenvalue weighted by Crippen LogP contribution is 2.07. The van der Waals surface area contributed by atoms with Gasteiger partial charge in [0.1, 0.15) is 0 Å². The van der Waals surface area contributed by atoms with Gasteiger partial charge in [-0.25, -0.2) is 19.9 Å². The third-order valence-corrected chi connectivity index (χ3v) is 1.93. The van der Waals surface area contributed by atoms with E-state index >= 15 is 0 Å². The van der Waals surface area contributed by atoms with Crippen LogP contribution in [-0.4, -0.2) is 19.9 Å². The molecule has 4 heteroatoms. The third-order valence-electron chi connectivity index (χ3n) is 1.93. The van der Waals surface area contributed by atoms with E-state index in [2.05, 4.69) is 26.9 Å². The van der Waals surface area contributed by atoms with Gasteiger partial charge in [-0.1, -0.05) is 6.92 Å². The second-order valence-corrected chi connectivity index (χ2v) is 2.81. The van der Waals surface area contributed by atoms with E-state index in [0.29, 0.717) is 11.3 Å². The minimum Gasteiger partial charge on any atom is -0.232 e. The van der Waals surface area contributed by atoms with Gasteiger partial charge < -0.3 is 0 Å². The van der Waals surface area contributed by atoms with Crippen LogP contribution in [-0.2, 0) is 6.42 Å². The zero-order chi connectivity index (χ0) is 9.26. The summed E-state index contributed by atoms with van der Waals surface area (Å²) in [5.74, 6) is 0. The molecule has 13 heavy (non-hydrogen) atoms. The molecule has 0 spiro atoms. The van der Waals surface area contributed by atoms with Crippen molar-refractivity contribution in [2.45, 2.75) is 20.3 Å². The van der Waals surface area contributed by atoms with E-state index < -0.39 is 0 Å². The van der Waals surface area contributed by atoms with Crippen molar-refractivity contribution in [2.75, 3.05) is 0 Å². The summed E-state index contributed by atoms with van der Waals surface area (Å²) < 4.78 is 0. The van der Waals surface area contributed by atoms with Gasteiger partial charge in [-0.3, -0.25) is 0 Å². The van der Waals surface area contributed by atoms with E-state index in [0.717, 1.165) is 17.8 Å². The van der Waals surface area contributed by atoms with E-state index in [-0.39, 0.29) is 0 Å². The standard InChI is InChI=1S/C9H10N4/c1-3-7-6(2)12-8-9(13-7)11-5-4-10-8/h4-5H,3H2,1-2H3. The normalized spacial score (nSPS) is 10.6. The monoisotopic (exact) mass is 174 g/mol. The predicted octanol–water partition coefficient (Wildman–Crippen LogP) is 1.29. The van der Waals surface area contributed by atoms with Gasteiger partial charge in [-0.15, -0.1) is 0 Å². The molecule has 0 aromatic carbocycles. The van der Waals surface area contributed by atoms with Crippen LogP contribution in [0.15, 0.2) is 12.4 Å². The maximum atomic E-state index is 4.36. The number of fused-ring (bicyclic) bond motifs is 1. The first-order valence-corrected chi connectivity index (χ1v) is 4.25. The molecule has 2 heterocycles. The molecule has 0 fully saturated rings. The van der Waals surface area contributed by atoms with E-state index in [1.54, 1.807) is 12.4 Å². The molecule has 0 saturated carbocycles. The Hall–Kier alpha value is -1.58. The summed E-state index contributed by atoms with van der Waals surface area (Å²) in [6.07, 6.45) is 4.14. The van der Waals surface area contributed by atoms with Crippen molar-refractivity contribution in [3.8, 4) is 0 Å². The largest absolute Gasteiger partial charge is 0.232 e. The predicted molar refractivity (Wildman–Crippen MR) is 49.2 cm³/mol. The van der Waals surface area contributed by atoms with E-state index in [9.17, 15) is 0 Å². The summed E-state index contributed by atoms with van der Waals surface area (Å²) in [7, 11) is 0. The summed E-state index contributed by atoms with van der Waals surface area (Å²) in [4.78, 5) is 16.8. The van der Waals surface area contributed by atoms with Crippen LogP contribution in [0.5, 0.6) is 0 Å². The molecule has 0 saturated heterocycles. The molecule has 0 aliphatic carbocycles. The molecule has 0 amide bonds. The molecule has 4 nitrogen and oxygen atoms in total. The lowest BCUT2D eigenvalue weighted by Crippen LogP contribution is -1.99. The molecular weight excluding hydrogens is 164 g/mol. The molecule has 0 bridgehead atoms. The molecule has 2 aromatic rings. The first-order valence-electron chi connectivity index (χ1n) is 4.25. The Labute approximate surface area is 76.1 Å². The van der Waals surface area contributed by atoms with Crippen molar-refractivity contribution < 1.29 is 0 Å². The van der Waals surface area contributed by atoms with Crippen LogP contribution in [0.3, 0.4) is 0 Å². The Balaban J connectivity index is 2.74. The lowest BCUT2D eigenvalue weighted by molar-refractivity contribution is 0.969. The number of hydrogen-bond donors (Lipinski definition) is 0. The van der Waals surface area contributed by atoms with Crippen LogP contribution in [0.1, 0.15) is 18.3 Å². The van der Waals surface area contributed by atoms with Crippen LogP contribution >= 0.6 is 0 Å². The summed E-state index contributed by atoms with van der Waals surface area (Å²) in [6, 6.07) is 0. The lowest BCUT2D eigenvalue weighted by Gasteiger charge is -2.01. The van der Waals surface area contributed by atoms with E-state index in [1.165, 1.54) is 0 Å². The van der Waals surface area contributed by atoms with Gasteiger partial charge in [0, 0.05) is 12.4 Å². The molecule has 0 aliphatic rings. The zero-order valence-electron chi connectivity index (χ0n) is 7.65. The van der Waals surface area contributed by atoms with Gasteiger partial charge in [0.05, 0.1) is 11.4 Å². The van der Waals surface area contributed by atoms with Gasteiger partial charge in [0.15, 0.2) is 11.3 Å². The van der Waals surface area contributed by atoms with Crippen molar-refractivity contribution in [1.82, 2.24) is 19.9 Å². The number of hydrogen-bond acceptors (Lipinski definition) is 4. The summed E-state index contributed by atoms with van der Waals surface area (Å²) in [5, 5.41) is 0.